The Labute approximate surface area is 99.9 Å². The average molecular weight is 272 g/mol. The van der Waals surface area contributed by atoms with Gasteiger partial charge in [-0.3, -0.25) is 0 Å². The second-order valence-electron chi connectivity index (χ2n) is 4.26. The van der Waals surface area contributed by atoms with E-state index in [0.717, 1.165) is 22.1 Å². The van der Waals surface area contributed by atoms with E-state index in [4.69, 9.17) is 10.5 Å². The number of hydrogen-bond donors (Lipinski definition) is 1. The monoisotopic (exact) mass is 271 g/mol. The Hall–Kier alpha value is -0.540. The van der Waals surface area contributed by atoms with Crippen molar-refractivity contribution in [3.05, 3.63) is 28.2 Å². The van der Waals surface area contributed by atoms with E-state index >= 15 is 0 Å². The Bertz CT molecular complexity index is 336. The molecule has 0 heterocycles. The van der Waals surface area contributed by atoms with Crippen molar-refractivity contribution in [1.82, 2.24) is 0 Å². The van der Waals surface area contributed by atoms with Crippen LogP contribution in [0.2, 0.25) is 0 Å². The molecule has 0 saturated heterocycles. The molecule has 0 amide bonds. The summed E-state index contributed by atoms with van der Waals surface area (Å²) in [6.07, 6.45) is 0.999. The Morgan fingerprint density at radius 1 is 1.40 bits per heavy atom. The zero-order valence-corrected chi connectivity index (χ0v) is 11.1. The summed E-state index contributed by atoms with van der Waals surface area (Å²) in [6, 6.07) is 5.91. The van der Waals surface area contributed by atoms with Crippen LogP contribution in [0.1, 0.15) is 32.8 Å². The molecule has 15 heavy (non-hydrogen) atoms. The van der Waals surface area contributed by atoms with E-state index in [9.17, 15) is 0 Å². The SMILES string of the molecule is CCC(C)(C)OCc1ccc(Br)c(N)c1. The Morgan fingerprint density at radius 2 is 2.07 bits per heavy atom. The first-order valence-electron chi connectivity index (χ1n) is 5.12. The van der Waals surface area contributed by atoms with Crippen LogP contribution in [0.5, 0.6) is 0 Å². The van der Waals surface area contributed by atoms with Gasteiger partial charge in [-0.2, -0.15) is 0 Å². The third kappa shape index (κ3) is 3.84. The van der Waals surface area contributed by atoms with Crippen LogP contribution < -0.4 is 5.73 Å². The van der Waals surface area contributed by atoms with E-state index in [1.165, 1.54) is 0 Å². The molecule has 2 nitrogen and oxygen atoms in total. The Morgan fingerprint density at radius 3 is 2.60 bits per heavy atom. The average Bonchev–Trinajstić information content (AvgIpc) is 2.20. The maximum absolute atomic E-state index is 5.79. The first-order valence-corrected chi connectivity index (χ1v) is 5.92. The number of ether oxygens (including phenoxy) is 1. The summed E-state index contributed by atoms with van der Waals surface area (Å²) in [6.45, 7) is 6.92. The maximum Gasteiger partial charge on any atom is 0.0724 e. The van der Waals surface area contributed by atoms with Crippen LogP contribution >= 0.6 is 15.9 Å². The van der Waals surface area contributed by atoms with Gasteiger partial charge in [-0.15, -0.1) is 0 Å². The molecule has 0 aliphatic carbocycles. The van der Waals surface area contributed by atoms with Gasteiger partial charge in [0.2, 0.25) is 0 Å². The predicted molar refractivity (Wildman–Crippen MR) is 67.7 cm³/mol. The highest BCUT2D eigenvalue weighted by molar-refractivity contribution is 9.10. The van der Waals surface area contributed by atoms with Crippen molar-refractivity contribution < 1.29 is 4.74 Å². The second kappa shape index (κ2) is 4.99. The molecule has 0 saturated carbocycles. The van der Waals surface area contributed by atoms with Gasteiger partial charge in [-0.1, -0.05) is 13.0 Å². The molecule has 0 unspecified atom stereocenters. The summed E-state index contributed by atoms with van der Waals surface area (Å²) < 4.78 is 6.72. The molecule has 0 fully saturated rings. The summed E-state index contributed by atoms with van der Waals surface area (Å²) in [7, 11) is 0. The van der Waals surface area contributed by atoms with E-state index in [-0.39, 0.29) is 5.60 Å². The third-order valence-corrected chi connectivity index (χ3v) is 3.26. The molecule has 1 aromatic rings. The van der Waals surface area contributed by atoms with Gasteiger partial charge in [-0.05, 0) is 53.9 Å². The van der Waals surface area contributed by atoms with Crippen LogP contribution in [-0.2, 0) is 11.3 Å². The second-order valence-corrected chi connectivity index (χ2v) is 5.11. The third-order valence-electron chi connectivity index (χ3n) is 2.54. The summed E-state index contributed by atoms with van der Waals surface area (Å²) in [5, 5.41) is 0. The number of rotatable bonds is 4. The van der Waals surface area contributed by atoms with Gasteiger partial charge in [0.25, 0.3) is 0 Å². The normalized spacial score (nSPS) is 11.7. The molecule has 0 spiro atoms. The van der Waals surface area contributed by atoms with Crippen LogP contribution in [0.3, 0.4) is 0 Å². The minimum absolute atomic E-state index is 0.0676. The van der Waals surface area contributed by atoms with Gasteiger partial charge in [0.15, 0.2) is 0 Å². The van der Waals surface area contributed by atoms with Crippen LogP contribution in [0.15, 0.2) is 22.7 Å². The first kappa shape index (κ1) is 12.5. The minimum atomic E-state index is -0.0676. The molecule has 3 heteroatoms. The van der Waals surface area contributed by atoms with Crippen molar-refractivity contribution in [2.45, 2.75) is 39.4 Å². The van der Waals surface area contributed by atoms with Gasteiger partial charge in [0.05, 0.1) is 12.2 Å². The zero-order chi connectivity index (χ0) is 11.5. The Kier molecular flexibility index (Phi) is 4.17. The molecule has 0 bridgehead atoms. The molecule has 1 rings (SSSR count). The van der Waals surface area contributed by atoms with Gasteiger partial charge in [0, 0.05) is 10.2 Å². The lowest BCUT2D eigenvalue weighted by Crippen LogP contribution is -2.22. The quantitative estimate of drug-likeness (QED) is 0.847. The van der Waals surface area contributed by atoms with E-state index < -0.39 is 0 Å². The lowest BCUT2D eigenvalue weighted by Gasteiger charge is -2.23. The standard InChI is InChI=1S/C12H18BrNO/c1-4-12(2,3)15-8-9-5-6-10(13)11(14)7-9/h5-7H,4,8,14H2,1-3H3. The van der Waals surface area contributed by atoms with Crippen molar-refractivity contribution in [1.29, 1.82) is 0 Å². The van der Waals surface area contributed by atoms with Gasteiger partial charge < -0.3 is 10.5 Å². The molecule has 1 aromatic carbocycles. The molecule has 84 valence electrons. The van der Waals surface area contributed by atoms with Crippen molar-refractivity contribution >= 4 is 21.6 Å². The number of anilines is 1. The van der Waals surface area contributed by atoms with Crippen LogP contribution in [-0.4, -0.2) is 5.60 Å². The van der Waals surface area contributed by atoms with E-state index in [1.807, 2.05) is 18.2 Å². The fourth-order valence-electron chi connectivity index (χ4n) is 1.06. The smallest absolute Gasteiger partial charge is 0.0724 e. The van der Waals surface area contributed by atoms with Gasteiger partial charge in [0.1, 0.15) is 0 Å². The highest BCUT2D eigenvalue weighted by Crippen LogP contribution is 2.22. The van der Waals surface area contributed by atoms with E-state index in [1.54, 1.807) is 0 Å². The summed E-state index contributed by atoms with van der Waals surface area (Å²) in [5.41, 5.74) is 7.59. The topological polar surface area (TPSA) is 35.2 Å². The molecule has 0 aromatic heterocycles. The van der Waals surface area contributed by atoms with Crippen molar-refractivity contribution in [2.24, 2.45) is 0 Å². The summed E-state index contributed by atoms with van der Waals surface area (Å²) >= 11 is 3.37. The van der Waals surface area contributed by atoms with Crippen LogP contribution in [0, 0.1) is 0 Å². The number of nitrogens with two attached hydrogens (primary N) is 1. The number of hydrogen-bond acceptors (Lipinski definition) is 2. The maximum atomic E-state index is 5.79. The molecule has 2 N–H and O–H groups in total. The summed E-state index contributed by atoms with van der Waals surface area (Å²) in [4.78, 5) is 0. The molecule has 0 aliphatic rings. The highest BCUT2D eigenvalue weighted by atomic mass is 79.9. The van der Waals surface area contributed by atoms with Gasteiger partial charge >= 0.3 is 0 Å². The Balaban J connectivity index is 2.62. The van der Waals surface area contributed by atoms with Crippen molar-refractivity contribution in [3.63, 3.8) is 0 Å². The first-order chi connectivity index (χ1) is 6.94. The fraction of sp³-hybridized carbons (Fsp3) is 0.500. The molecular formula is C12H18BrNO. The van der Waals surface area contributed by atoms with Gasteiger partial charge in [-0.25, -0.2) is 0 Å². The largest absolute Gasteiger partial charge is 0.398 e. The van der Waals surface area contributed by atoms with E-state index in [2.05, 4.69) is 36.7 Å². The molecule has 0 radical (unpaired) electrons. The van der Waals surface area contributed by atoms with Crippen LogP contribution in [0.4, 0.5) is 5.69 Å². The molecule has 0 atom stereocenters. The van der Waals surface area contributed by atoms with Crippen molar-refractivity contribution in [2.75, 3.05) is 5.73 Å². The lowest BCUT2D eigenvalue weighted by molar-refractivity contribution is -0.0316. The summed E-state index contributed by atoms with van der Waals surface area (Å²) in [5.74, 6) is 0. The zero-order valence-electron chi connectivity index (χ0n) is 9.51. The number of nitrogen functional groups attached to an aromatic ring is 1. The minimum Gasteiger partial charge on any atom is -0.398 e. The lowest BCUT2D eigenvalue weighted by atomic mass is 10.1. The molecule has 0 aliphatic heterocycles. The van der Waals surface area contributed by atoms with Crippen LogP contribution in [0.25, 0.3) is 0 Å². The predicted octanol–water partition coefficient (Wildman–Crippen LogP) is 3.74. The highest BCUT2D eigenvalue weighted by Gasteiger charge is 2.15. The van der Waals surface area contributed by atoms with E-state index in [0.29, 0.717) is 6.61 Å². The molecular weight excluding hydrogens is 254 g/mol. The number of halogens is 1. The fourth-order valence-corrected chi connectivity index (χ4v) is 1.31. The number of benzene rings is 1. The van der Waals surface area contributed by atoms with Crippen molar-refractivity contribution in [3.8, 4) is 0 Å².